The zero-order valence-electron chi connectivity index (χ0n) is 10.9. The second kappa shape index (κ2) is 6.57. The van der Waals surface area contributed by atoms with Gasteiger partial charge in [-0.05, 0) is 0 Å². The van der Waals surface area contributed by atoms with E-state index >= 15 is 0 Å². The molecular formula is C7H19N2O9P3. The van der Waals surface area contributed by atoms with Gasteiger partial charge in [-0.3, -0.25) is 0 Å². The third-order valence-corrected chi connectivity index (χ3v) is 9.38. The zero-order valence-corrected chi connectivity index (χ0v) is 13.7. The molecular weight excluding hydrogens is 349 g/mol. The Morgan fingerprint density at radius 2 is 1.62 bits per heavy atom. The van der Waals surface area contributed by atoms with Crippen molar-refractivity contribution in [2.24, 2.45) is 0 Å². The second-order valence-corrected chi connectivity index (χ2v) is 10.2. The van der Waals surface area contributed by atoms with Crippen molar-refractivity contribution in [1.82, 2.24) is 10.4 Å². The molecule has 1 heterocycles. The Hall–Kier alpha value is 0.530. The molecule has 0 spiro atoms. The van der Waals surface area contributed by atoms with Gasteiger partial charge < -0.3 is 0 Å². The predicted molar refractivity (Wildman–Crippen MR) is 72.8 cm³/mol. The SMILES string of the molecule is O=P1(O)OP(=O)(O)O[PH](O)(N[C@H]2CCCC[C@@H]2NCO)O1. The normalized spacial score (nSPS) is 45.1. The number of rotatable bonds is 4. The van der Waals surface area contributed by atoms with Crippen LogP contribution in [0.4, 0.5) is 0 Å². The van der Waals surface area contributed by atoms with E-state index in [4.69, 9.17) is 5.11 Å². The van der Waals surface area contributed by atoms with Gasteiger partial charge in [0.15, 0.2) is 0 Å². The first kappa shape index (κ1) is 17.9. The molecule has 0 aromatic carbocycles. The summed E-state index contributed by atoms with van der Waals surface area (Å²) in [4.78, 5) is 28.6. The molecule has 1 saturated heterocycles. The predicted octanol–water partition coefficient (Wildman–Crippen LogP) is 0.0930. The fourth-order valence-electron chi connectivity index (χ4n) is 2.45. The van der Waals surface area contributed by atoms with Crippen molar-refractivity contribution in [3.05, 3.63) is 0 Å². The van der Waals surface area contributed by atoms with Gasteiger partial charge in [-0.2, -0.15) is 0 Å². The van der Waals surface area contributed by atoms with E-state index in [0.717, 1.165) is 12.8 Å². The molecule has 11 nitrogen and oxygen atoms in total. The third kappa shape index (κ3) is 5.00. The van der Waals surface area contributed by atoms with Gasteiger partial charge in [0.25, 0.3) is 0 Å². The number of phosphoric acid groups is 2. The average Bonchev–Trinajstić information content (AvgIpc) is 2.26. The molecule has 6 N–H and O–H groups in total. The van der Waals surface area contributed by atoms with Crippen molar-refractivity contribution in [1.29, 1.82) is 0 Å². The molecule has 0 radical (unpaired) electrons. The first-order chi connectivity index (χ1) is 9.65. The number of nitrogens with one attached hydrogen (secondary N) is 2. The van der Waals surface area contributed by atoms with Crippen LogP contribution in [-0.2, 0) is 22.1 Å². The molecule has 2 aliphatic rings. The van der Waals surface area contributed by atoms with Crippen LogP contribution < -0.4 is 10.4 Å². The molecule has 4 atom stereocenters. The Morgan fingerprint density at radius 1 is 1.10 bits per heavy atom. The van der Waals surface area contributed by atoms with E-state index < -0.39 is 29.8 Å². The van der Waals surface area contributed by atoms with Gasteiger partial charge in [0.2, 0.25) is 0 Å². The minimum absolute atomic E-state index is 0.244. The second-order valence-electron chi connectivity index (χ2n) is 4.79. The number of aliphatic hydroxyl groups excluding tert-OH is 1. The summed E-state index contributed by atoms with van der Waals surface area (Å²) in [6.45, 7) is -0.287. The van der Waals surface area contributed by atoms with Crippen molar-refractivity contribution >= 4 is 23.7 Å². The molecule has 1 saturated carbocycles. The van der Waals surface area contributed by atoms with Gasteiger partial charge in [-0.15, -0.1) is 0 Å². The van der Waals surface area contributed by atoms with Gasteiger partial charge in [-0.25, -0.2) is 0 Å². The molecule has 2 fully saturated rings. The monoisotopic (exact) mass is 368 g/mol. The summed E-state index contributed by atoms with van der Waals surface area (Å²) in [6, 6.07) is -0.702. The van der Waals surface area contributed by atoms with Crippen molar-refractivity contribution in [3.8, 4) is 0 Å². The Labute approximate surface area is 121 Å². The topological polar surface area (TPSA) is 167 Å². The summed E-state index contributed by atoms with van der Waals surface area (Å²) in [5, 5.41) is 14.2. The van der Waals surface area contributed by atoms with Gasteiger partial charge >= 0.3 is 120 Å². The number of hydrogen-bond acceptors (Lipinski definition) is 9. The molecule has 21 heavy (non-hydrogen) atoms. The van der Waals surface area contributed by atoms with Crippen LogP contribution in [0.3, 0.4) is 0 Å². The molecule has 0 bridgehead atoms. The summed E-state index contributed by atoms with van der Waals surface area (Å²) in [5.41, 5.74) is 0. The van der Waals surface area contributed by atoms with Crippen LogP contribution >= 0.6 is 23.7 Å². The van der Waals surface area contributed by atoms with E-state index in [0.29, 0.717) is 12.8 Å². The van der Waals surface area contributed by atoms with E-state index in [9.17, 15) is 23.8 Å². The number of hydrogen-bond donors (Lipinski definition) is 6. The van der Waals surface area contributed by atoms with Crippen LogP contribution in [0.1, 0.15) is 25.7 Å². The summed E-state index contributed by atoms with van der Waals surface area (Å²) in [6.07, 6.45) is 2.96. The van der Waals surface area contributed by atoms with E-state index in [2.05, 4.69) is 23.3 Å². The summed E-state index contributed by atoms with van der Waals surface area (Å²) < 4.78 is 35.6. The minimum atomic E-state index is -4.89. The fourth-order valence-corrected chi connectivity index (χ4v) is 8.53. The van der Waals surface area contributed by atoms with Gasteiger partial charge in [0.05, 0.1) is 0 Å². The Kier molecular flexibility index (Phi) is 5.59. The van der Waals surface area contributed by atoms with E-state index in [1.54, 1.807) is 0 Å². The van der Waals surface area contributed by atoms with Crippen LogP contribution in [0.5, 0.6) is 0 Å². The first-order valence-corrected chi connectivity index (χ1v) is 11.0. The molecule has 2 rings (SSSR count). The van der Waals surface area contributed by atoms with Crippen molar-refractivity contribution < 1.29 is 41.8 Å². The van der Waals surface area contributed by atoms with Gasteiger partial charge in [-0.1, -0.05) is 0 Å². The van der Waals surface area contributed by atoms with E-state index in [1.807, 2.05) is 0 Å². The Bertz CT molecular complexity index is 450. The molecule has 126 valence electrons. The van der Waals surface area contributed by atoms with Crippen LogP contribution in [0, 0.1) is 0 Å². The van der Waals surface area contributed by atoms with Crippen molar-refractivity contribution in [2.45, 2.75) is 37.8 Å². The standard InChI is InChI=1S/C7H19N2O9P3/c10-5-8-6-3-1-2-4-7(6)9-19(11)16-20(12,13)18-21(14,15)17-19/h6-11,19H,1-5H2,(H,12,13)(H,14,15)/t6-,7-/m0/s1. The van der Waals surface area contributed by atoms with E-state index in [1.165, 1.54) is 0 Å². The summed E-state index contributed by atoms with van der Waals surface area (Å²) in [7, 11) is -14.4. The van der Waals surface area contributed by atoms with Gasteiger partial charge in [0, 0.05) is 0 Å². The molecule has 1 aliphatic carbocycles. The summed E-state index contributed by atoms with van der Waals surface area (Å²) in [5.74, 6) is 0. The molecule has 14 heteroatoms. The van der Waals surface area contributed by atoms with Crippen molar-refractivity contribution in [3.63, 3.8) is 0 Å². The molecule has 0 aromatic rings. The maximum absolute atomic E-state index is 11.4. The number of aliphatic hydroxyl groups is 1. The quantitative estimate of drug-likeness (QED) is 0.294. The van der Waals surface area contributed by atoms with Crippen LogP contribution in [0.25, 0.3) is 0 Å². The average molecular weight is 368 g/mol. The van der Waals surface area contributed by atoms with E-state index in [-0.39, 0.29) is 12.8 Å². The summed E-state index contributed by atoms with van der Waals surface area (Å²) >= 11 is 0. The Morgan fingerprint density at radius 3 is 2.14 bits per heavy atom. The molecule has 1 aliphatic heterocycles. The maximum atomic E-state index is 11.4. The zero-order chi connectivity index (χ0) is 15.7. The Balaban J connectivity index is 2.12. The van der Waals surface area contributed by atoms with Crippen LogP contribution in [-0.4, -0.2) is 38.6 Å². The molecule has 0 aromatic heterocycles. The van der Waals surface area contributed by atoms with Crippen LogP contribution in [0.15, 0.2) is 0 Å². The van der Waals surface area contributed by atoms with Crippen molar-refractivity contribution in [2.75, 3.05) is 6.73 Å². The van der Waals surface area contributed by atoms with Gasteiger partial charge in [0.1, 0.15) is 0 Å². The fraction of sp³-hybridized carbons (Fsp3) is 1.00. The van der Waals surface area contributed by atoms with Crippen LogP contribution in [0.2, 0.25) is 0 Å². The molecule has 2 unspecified atom stereocenters. The first-order valence-electron chi connectivity index (χ1n) is 6.27. The molecule has 0 amide bonds. The third-order valence-electron chi connectivity index (χ3n) is 3.17.